The zero-order valence-electron chi connectivity index (χ0n) is 18.3. The minimum atomic E-state index is -1.16. The molecule has 0 aliphatic carbocycles. The van der Waals surface area contributed by atoms with Gasteiger partial charge in [0.2, 0.25) is 0 Å². The van der Waals surface area contributed by atoms with Crippen LogP contribution in [0.5, 0.6) is 17.2 Å². The number of hydrogen-bond donors (Lipinski definition) is 1. The lowest BCUT2D eigenvalue weighted by atomic mass is 10.1. The van der Waals surface area contributed by atoms with E-state index in [-0.39, 0.29) is 30.4 Å². The van der Waals surface area contributed by atoms with E-state index >= 15 is 0 Å². The molecular weight excluding hydrogens is 446 g/mol. The monoisotopic (exact) mass is 469 g/mol. The minimum absolute atomic E-state index is 0.0531. The second-order valence-corrected chi connectivity index (χ2v) is 7.55. The van der Waals surface area contributed by atoms with Crippen LogP contribution in [0.15, 0.2) is 66.7 Å². The molecule has 0 aromatic heterocycles. The summed E-state index contributed by atoms with van der Waals surface area (Å²) < 4.78 is 16.0. The predicted molar refractivity (Wildman–Crippen MR) is 124 cm³/mol. The van der Waals surface area contributed by atoms with Crippen molar-refractivity contribution in [1.29, 1.82) is 0 Å². The number of nitrogens with zero attached hydrogens (tertiary/aromatic N) is 1. The summed E-state index contributed by atoms with van der Waals surface area (Å²) in [6.07, 6.45) is 0. The molecule has 0 radical (unpaired) electrons. The molecule has 172 valence electrons. The Morgan fingerprint density at radius 3 is 2.21 bits per heavy atom. The first kappa shape index (κ1) is 23.9. The Kier molecular flexibility index (Phi) is 8.16. The number of carbonyl (C=O) groups is 2. The van der Waals surface area contributed by atoms with Gasteiger partial charge < -0.3 is 24.2 Å². The van der Waals surface area contributed by atoms with Crippen LogP contribution in [0.4, 0.5) is 0 Å². The fourth-order valence-electron chi connectivity index (χ4n) is 3.17. The number of hydrogen-bond acceptors (Lipinski definition) is 5. The highest BCUT2D eigenvalue weighted by Crippen LogP contribution is 2.25. The molecule has 0 spiro atoms. The minimum Gasteiger partial charge on any atom is -0.497 e. The largest absolute Gasteiger partial charge is 0.497 e. The number of benzene rings is 3. The molecule has 0 aliphatic rings. The van der Waals surface area contributed by atoms with Crippen LogP contribution in [0.25, 0.3) is 0 Å². The van der Waals surface area contributed by atoms with E-state index in [0.29, 0.717) is 23.1 Å². The lowest BCUT2D eigenvalue weighted by molar-refractivity contribution is -0.134. The van der Waals surface area contributed by atoms with Crippen LogP contribution in [-0.4, -0.2) is 42.7 Å². The number of carbonyl (C=O) groups excluding carboxylic acids is 1. The first-order valence-corrected chi connectivity index (χ1v) is 10.5. The molecule has 3 rings (SSSR count). The van der Waals surface area contributed by atoms with Crippen molar-refractivity contribution in [2.24, 2.45) is 0 Å². The van der Waals surface area contributed by atoms with Crippen LogP contribution in [0.3, 0.4) is 0 Å². The molecule has 1 amide bonds. The average Bonchev–Trinajstić information content (AvgIpc) is 2.83. The van der Waals surface area contributed by atoms with Crippen LogP contribution in [0, 0.1) is 0 Å². The molecule has 3 aromatic rings. The van der Waals surface area contributed by atoms with E-state index in [4.69, 9.17) is 25.8 Å². The maximum Gasteiger partial charge on any atom is 0.339 e. The van der Waals surface area contributed by atoms with E-state index in [2.05, 4.69) is 0 Å². The van der Waals surface area contributed by atoms with Crippen molar-refractivity contribution in [3.05, 3.63) is 88.4 Å². The molecule has 3 aromatic carbocycles. The smallest absolute Gasteiger partial charge is 0.339 e. The van der Waals surface area contributed by atoms with Crippen LogP contribution >= 0.6 is 11.6 Å². The van der Waals surface area contributed by atoms with Gasteiger partial charge in [-0.15, -0.1) is 0 Å². The van der Waals surface area contributed by atoms with E-state index in [9.17, 15) is 14.7 Å². The number of halogens is 1. The molecule has 7 nitrogen and oxygen atoms in total. The summed E-state index contributed by atoms with van der Waals surface area (Å²) in [6, 6.07) is 19.0. The van der Waals surface area contributed by atoms with Crippen molar-refractivity contribution in [1.82, 2.24) is 4.90 Å². The summed E-state index contributed by atoms with van der Waals surface area (Å²) in [6.45, 7) is 0.215. The molecule has 0 fully saturated rings. The summed E-state index contributed by atoms with van der Waals surface area (Å²) in [5.41, 5.74) is 1.62. The molecule has 0 atom stereocenters. The molecule has 0 saturated heterocycles. The summed E-state index contributed by atoms with van der Waals surface area (Å²) in [5, 5.41) is 9.97. The lowest BCUT2D eigenvalue weighted by Gasteiger charge is -2.24. The second-order valence-electron chi connectivity index (χ2n) is 7.15. The van der Waals surface area contributed by atoms with E-state index in [1.165, 1.54) is 25.3 Å². The number of carboxylic acids is 1. The highest BCUT2D eigenvalue weighted by atomic mass is 35.5. The van der Waals surface area contributed by atoms with E-state index in [1.54, 1.807) is 18.1 Å². The molecule has 8 heteroatoms. The van der Waals surface area contributed by atoms with Crippen LogP contribution < -0.4 is 14.2 Å². The lowest BCUT2D eigenvalue weighted by Crippen LogP contribution is -2.34. The molecule has 0 saturated carbocycles. The highest BCUT2D eigenvalue weighted by molar-refractivity contribution is 6.31. The summed E-state index contributed by atoms with van der Waals surface area (Å²) >= 11 is 6.31. The molecule has 1 N–H and O–H groups in total. The molecule has 0 heterocycles. The van der Waals surface area contributed by atoms with Gasteiger partial charge in [-0.05, 0) is 41.5 Å². The number of ether oxygens (including phenoxy) is 3. The van der Waals surface area contributed by atoms with Gasteiger partial charge in [-0.25, -0.2) is 4.79 Å². The topological polar surface area (TPSA) is 85.3 Å². The number of rotatable bonds is 10. The van der Waals surface area contributed by atoms with Gasteiger partial charge in [0.05, 0.1) is 14.2 Å². The molecule has 33 heavy (non-hydrogen) atoms. The normalized spacial score (nSPS) is 10.4. The summed E-state index contributed by atoms with van der Waals surface area (Å²) in [4.78, 5) is 26.3. The quantitative estimate of drug-likeness (QED) is 0.464. The van der Waals surface area contributed by atoms with Crippen molar-refractivity contribution >= 4 is 23.5 Å². The van der Waals surface area contributed by atoms with Crippen LogP contribution in [0.2, 0.25) is 5.02 Å². The van der Waals surface area contributed by atoms with Crippen molar-refractivity contribution in [2.75, 3.05) is 20.8 Å². The van der Waals surface area contributed by atoms with Gasteiger partial charge in [-0.2, -0.15) is 0 Å². The van der Waals surface area contributed by atoms with Crippen molar-refractivity contribution in [2.45, 2.75) is 13.1 Å². The fourth-order valence-corrected chi connectivity index (χ4v) is 3.37. The third-order valence-electron chi connectivity index (χ3n) is 4.97. The number of amides is 1. The molecular formula is C25H24ClNO6. The maximum atomic E-state index is 13.1. The van der Waals surface area contributed by atoms with Gasteiger partial charge in [0.1, 0.15) is 22.8 Å². The number of aromatic carboxylic acids is 1. The summed E-state index contributed by atoms with van der Waals surface area (Å²) in [7, 11) is 3.05. The molecule has 0 bridgehead atoms. The maximum absolute atomic E-state index is 13.1. The zero-order chi connectivity index (χ0) is 23.8. The average molecular weight is 470 g/mol. The molecule has 0 aliphatic heterocycles. The van der Waals surface area contributed by atoms with Gasteiger partial charge in [0.15, 0.2) is 6.61 Å². The standard InChI is InChI=1S/C25H24ClNO6/c1-31-19-9-7-17(8-10-19)14-27(15-18-5-3-4-6-22(18)26)24(28)16-33-23-13-20(32-2)11-12-21(23)25(29)30/h3-13H,14-16H2,1-2H3,(H,29,30). The van der Waals surface area contributed by atoms with Gasteiger partial charge in [-0.3, -0.25) is 4.79 Å². The Balaban J connectivity index is 1.81. The van der Waals surface area contributed by atoms with Crippen LogP contribution in [0.1, 0.15) is 21.5 Å². The van der Waals surface area contributed by atoms with Crippen molar-refractivity contribution in [3.63, 3.8) is 0 Å². The van der Waals surface area contributed by atoms with Crippen molar-refractivity contribution in [3.8, 4) is 17.2 Å². The van der Waals surface area contributed by atoms with Gasteiger partial charge in [0, 0.05) is 24.2 Å². The fraction of sp³-hybridized carbons (Fsp3) is 0.200. The Morgan fingerprint density at radius 1 is 0.909 bits per heavy atom. The van der Waals surface area contributed by atoms with Gasteiger partial charge >= 0.3 is 5.97 Å². The number of carboxylic acid groups (broad SMARTS) is 1. The van der Waals surface area contributed by atoms with Crippen LogP contribution in [-0.2, 0) is 17.9 Å². The SMILES string of the molecule is COc1ccc(CN(Cc2ccccc2Cl)C(=O)COc2cc(OC)ccc2C(=O)O)cc1. The zero-order valence-corrected chi connectivity index (χ0v) is 19.0. The van der Waals surface area contributed by atoms with E-state index in [0.717, 1.165) is 11.1 Å². The first-order valence-electron chi connectivity index (χ1n) is 10.1. The third kappa shape index (κ3) is 6.40. The summed E-state index contributed by atoms with van der Waals surface area (Å²) in [5.74, 6) is -0.299. The Labute approximate surface area is 197 Å². The predicted octanol–water partition coefficient (Wildman–Crippen LogP) is 4.66. The Hall–Kier alpha value is -3.71. The number of methoxy groups -OCH3 is 2. The van der Waals surface area contributed by atoms with E-state index in [1.807, 2.05) is 42.5 Å². The van der Waals surface area contributed by atoms with Crippen molar-refractivity contribution < 1.29 is 28.9 Å². The van der Waals surface area contributed by atoms with Gasteiger partial charge in [0.25, 0.3) is 5.91 Å². The second kappa shape index (κ2) is 11.2. The third-order valence-corrected chi connectivity index (χ3v) is 5.34. The Morgan fingerprint density at radius 2 is 1.58 bits per heavy atom. The molecule has 0 unspecified atom stereocenters. The van der Waals surface area contributed by atoms with Gasteiger partial charge in [-0.1, -0.05) is 41.9 Å². The van der Waals surface area contributed by atoms with E-state index < -0.39 is 5.97 Å². The Bertz CT molecular complexity index is 1120. The first-order chi connectivity index (χ1) is 15.9. The highest BCUT2D eigenvalue weighted by Gasteiger charge is 2.19.